The minimum absolute atomic E-state index is 0.201. The third kappa shape index (κ3) is 3.09. The molecule has 0 bridgehead atoms. The molecular weight excluding hydrogens is 361 g/mol. The van der Waals surface area contributed by atoms with E-state index in [1.165, 1.54) is 45.4 Å². The van der Waals surface area contributed by atoms with Gasteiger partial charge in [0.25, 0.3) is 0 Å². The Bertz CT molecular complexity index is 1190. The summed E-state index contributed by atoms with van der Waals surface area (Å²) in [6, 6.07) is 17.6. The van der Waals surface area contributed by atoms with Crippen molar-refractivity contribution in [1.82, 2.24) is 9.55 Å². The molecule has 5 rings (SSSR count). The fourth-order valence-corrected chi connectivity index (χ4v) is 4.45. The molecule has 146 valence electrons. The van der Waals surface area contributed by atoms with Crippen LogP contribution in [-0.2, 0) is 19.5 Å². The van der Waals surface area contributed by atoms with E-state index in [9.17, 15) is 4.39 Å². The van der Waals surface area contributed by atoms with Gasteiger partial charge < -0.3 is 9.47 Å². The van der Waals surface area contributed by atoms with Gasteiger partial charge in [-0.2, -0.15) is 0 Å². The lowest BCUT2D eigenvalue weighted by Crippen LogP contribution is -2.31. The molecule has 1 aliphatic rings. The molecule has 0 saturated carbocycles. The van der Waals surface area contributed by atoms with Crippen LogP contribution in [0.15, 0.2) is 60.8 Å². The zero-order valence-electron chi connectivity index (χ0n) is 16.8. The van der Waals surface area contributed by atoms with Crippen molar-refractivity contribution in [1.29, 1.82) is 0 Å². The van der Waals surface area contributed by atoms with Crippen LogP contribution in [0.25, 0.3) is 10.9 Å². The normalized spacial score (nSPS) is 13.7. The second-order valence-electron chi connectivity index (χ2n) is 7.89. The summed E-state index contributed by atoms with van der Waals surface area (Å²) in [7, 11) is 0. The monoisotopic (exact) mass is 385 g/mol. The molecule has 0 fully saturated rings. The number of pyridine rings is 1. The Morgan fingerprint density at radius 2 is 1.72 bits per heavy atom. The largest absolute Gasteiger partial charge is 0.350 e. The fourth-order valence-electron chi connectivity index (χ4n) is 4.45. The molecule has 2 aromatic carbocycles. The van der Waals surface area contributed by atoms with Gasteiger partial charge in [0.15, 0.2) is 5.82 Å². The predicted molar refractivity (Wildman–Crippen MR) is 116 cm³/mol. The summed E-state index contributed by atoms with van der Waals surface area (Å²) >= 11 is 0. The van der Waals surface area contributed by atoms with Crippen LogP contribution in [0, 0.1) is 19.7 Å². The molecule has 4 aromatic rings. The molecule has 2 aromatic heterocycles. The lowest BCUT2D eigenvalue weighted by atomic mass is 10.00. The fraction of sp³-hybridized carbons (Fsp3) is 0.240. The second-order valence-corrected chi connectivity index (χ2v) is 7.89. The maximum absolute atomic E-state index is 13.4. The van der Waals surface area contributed by atoms with Gasteiger partial charge in [-0.3, -0.25) is 0 Å². The van der Waals surface area contributed by atoms with Crippen LogP contribution in [0.4, 0.5) is 10.2 Å². The van der Waals surface area contributed by atoms with Gasteiger partial charge in [0.1, 0.15) is 5.82 Å². The summed E-state index contributed by atoms with van der Waals surface area (Å²) in [5.74, 6) is 0.837. The average Bonchev–Trinajstić information content (AvgIpc) is 3.00. The number of hydrogen-bond acceptors (Lipinski definition) is 2. The molecule has 0 spiro atoms. The number of fused-ring (bicyclic) bond motifs is 2. The highest BCUT2D eigenvalue weighted by Gasteiger charge is 2.22. The van der Waals surface area contributed by atoms with Crippen molar-refractivity contribution < 1.29 is 4.39 Å². The standard InChI is InChI=1S/C25H24FN3/c1-17-18(2)29(15-19-7-9-22(26)10-8-19)24-23(17)11-13-27-25(24)28-14-12-20-5-3-4-6-21(20)16-28/h3-11,13H,12,14-16H2,1-2H3. The Morgan fingerprint density at radius 1 is 0.966 bits per heavy atom. The number of benzene rings is 2. The van der Waals surface area contributed by atoms with E-state index in [1.54, 1.807) is 0 Å². The highest BCUT2D eigenvalue weighted by atomic mass is 19.1. The van der Waals surface area contributed by atoms with Crippen molar-refractivity contribution in [3.8, 4) is 0 Å². The number of hydrogen-bond donors (Lipinski definition) is 0. The average molecular weight is 385 g/mol. The molecule has 0 saturated heterocycles. The van der Waals surface area contributed by atoms with Crippen LogP contribution < -0.4 is 4.90 Å². The van der Waals surface area contributed by atoms with Crippen molar-refractivity contribution in [2.45, 2.75) is 33.4 Å². The first-order chi connectivity index (χ1) is 14.1. The number of nitrogens with zero attached hydrogens (tertiary/aromatic N) is 3. The van der Waals surface area contributed by atoms with Crippen LogP contribution in [0.5, 0.6) is 0 Å². The van der Waals surface area contributed by atoms with Gasteiger partial charge in [0.2, 0.25) is 0 Å². The first-order valence-corrected chi connectivity index (χ1v) is 10.1. The van der Waals surface area contributed by atoms with E-state index >= 15 is 0 Å². The Kier molecular flexibility index (Phi) is 4.35. The first-order valence-electron chi connectivity index (χ1n) is 10.1. The van der Waals surface area contributed by atoms with Crippen molar-refractivity contribution >= 4 is 16.7 Å². The SMILES string of the molecule is Cc1c(C)n(Cc2ccc(F)cc2)c2c(N3CCc4ccccc4C3)nccc12. The van der Waals surface area contributed by atoms with Gasteiger partial charge in [-0.25, -0.2) is 9.37 Å². The van der Waals surface area contributed by atoms with E-state index in [1.807, 2.05) is 18.3 Å². The predicted octanol–water partition coefficient (Wildman–Crippen LogP) is 5.40. The quantitative estimate of drug-likeness (QED) is 0.471. The van der Waals surface area contributed by atoms with E-state index < -0.39 is 0 Å². The zero-order valence-corrected chi connectivity index (χ0v) is 16.8. The Labute approximate surface area is 170 Å². The van der Waals surface area contributed by atoms with Crippen LogP contribution in [0.3, 0.4) is 0 Å². The van der Waals surface area contributed by atoms with Crippen molar-refractivity contribution in [3.63, 3.8) is 0 Å². The number of halogens is 1. The molecule has 29 heavy (non-hydrogen) atoms. The van der Waals surface area contributed by atoms with E-state index in [4.69, 9.17) is 4.98 Å². The van der Waals surface area contributed by atoms with E-state index in [0.29, 0.717) is 6.54 Å². The molecule has 4 heteroatoms. The minimum atomic E-state index is -0.201. The molecule has 0 aliphatic carbocycles. The highest BCUT2D eigenvalue weighted by Crippen LogP contribution is 2.34. The summed E-state index contributed by atoms with van der Waals surface area (Å²) in [5.41, 5.74) is 7.59. The third-order valence-corrected chi connectivity index (χ3v) is 6.21. The molecule has 0 unspecified atom stereocenters. The zero-order chi connectivity index (χ0) is 20.0. The van der Waals surface area contributed by atoms with Gasteiger partial charge in [0.05, 0.1) is 5.52 Å². The third-order valence-electron chi connectivity index (χ3n) is 6.21. The smallest absolute Gasteiger partial charge is 0.153 e. The lowest BCUT2D eigenvalue weighted by molar-refractivity contribution is 0.626. The van der Waals surface area contributed by atoms with Crippen LogP contribution in [0.1, 0.15) is 27.9 Å². The minimum Gasteiger partial charge on any atom is -0.350 e. The van der Waals surface area contributed by atoms with Crippen molar-refractivity contribution in [2.75, 3.05) is 11.4 Å². The summed E-state index contributed by atoms with van der Waals surface area (Å²) in [4.78, 5) is 7.21. The van der Waals surface area contributed by atoms with Gasteiger partial charge in [0, 0.05) is 36.9 Å². The Morgan fingerprint density at radius 3 is 2.52 bits per heavy atom. The van der Waals surface area contributed by atoms with Gasteiger partial charge >= 0.3 is 0 Å². The van der Waals surface area contributed by atoms with E-state index in [0.717, 1.165) is 30.9 Å². The number of aryl methyl sites for hydroxylation is 1. The molecule has 0 N–H and O–H groups in total. The molecule has 1 aliphatic heterocycles. The molecule has 3 heterocycles. The number of aromatic nitrogens is 2. The highest BCUT2D eigenvalue weighted by molar-refractivity contribution is 5.93. The maximum atomic E-state index is 13.4. The molecular formula is C25H24FN3. The molecule has 0 atom stereocenters. The van der Waals surface area contributed by atoms with Crippen molar-refractivity contribution in [2.24, 2.45) is 0 Å². The topological polar surface area (TPSA) is 21.1 Å². The summed E-state index contributed by atoms with van der Waals surface area (Å²) in [6.07, 6.45) is 2.96. The van der Waals surface area contributed by atoms with Crippen molar-refractivity contribution in [3.05, 3.63) is 94.6 Å². The maximum Gasteiger partial charge on any atom is 0.153 e. The number of anilines is 1. The lowest BCUT2D eigenvalue weighted by Gasteiger charge is -2.30. The summed E-state index contributed by atoms with van der Waals surface area (Å²) in [5, 5.41) is 1.24. The van der Waals surface area contributed by atoms with E-state index in [2.05, 4.69) is 53.6 Å². The van der Waals surface area contributed by atoms with E-state index in [-0.39, 0.29) is 5.82 Å². The van der Waals surface area contributed by atoms with Gasteiger partial charge in [-0.15, -0.1) is 0 Å². The number of rotatable bonds is 3. The Balaban J connectivity index is 1.61. The molecule has 3 nitrogen and oxygen atoms in total. The second kappa shape index (κ2) is 7.03. The van der Waals surface area contributed by atoms with Crippen LogP contribution >= 0.6 is 0 Å². The Hall–Kier alpha value is -3.14. The summed E-state index contributed by atoms with van der Waals surface area (Å²) < 4.78 is 15.7. The van der Waals surface area contributed by atoms with Crippen LogP contribution in [-0.4, -0.2) is 16.1 Å². The summed E-state index contributed by atoms with van der Waals surface area (Å²) in [6.45, 7) is 6.88. The van der Waals surface area contributed by atoms with Crippen LogP contribution in [0.2, 0.25) is 0 Å². The van der Waals surface area contributed by atoms with Gasteiger partial charge in [-0.1, -0.05) is 36.4 Å². The molecule has 0 amide bonds. The van der Waals surface area contributed by atoms with Gasteiger partial charge in [-0.05, 0) is 60.7 Å². The first kappa shape index (κ1) is 17.9. The molecule has 0 radical (unpaired) electrons.